The number of amides is 1. The van der Waals surface area contributed by atoms with Crippen molar-refractivity contribution in [3.63, 3.8) is 0 Å². The number of hydrogen-bond acceptors (Lipinski definition) is 4. The van der Waals surface area contributed by atoms with E-state index in [1.54, 1.807) is 7.11 Å². The van der Waals surface area contributed by atoms with Gasteiger partial charge in [0.25, 0.3) is 0 Å². The third-order valence-electron chi connectivity index (χ3n) is 3.47. The fourth-order valence-corrected chi connectivity index (χ4v) is 2.31. The third kappa shape index (κ3) is 7.12. The van der Waals surface area contributed by atoms with E-state index in [4.69, 9.17) is 9.84 Å². The third-order valence-corrected chi connectivity index (χ3v) is 3.47. The Morgan fingerprint density at radius 2 is 2.05 bits per heavy atom. The van der Waals surface area contributed by atoms with Crippen molar-refractivity contribution in [1.82, 2.24) is 10.2 Å². The number of carboxylic acid groups (broad SMARTS) is 1. The summed E-state index contributed by atoms with van der Waals surface area (Å²) in [7, 11) is 1.61. The lowest BCUT2D eigenvalue weighted by molar-refractivity contribution is -0.137. The van der Waals surface area contributed by atoms with E-state index in [0.29, 0.717) is 25.6 Å². The molecule has 0 saturated carbocycles. The molecule has 0 aromatic carbocycles. The first kappa shape index (κ1) is 15.9. The van der Waals surface area contributed by atoms with Crippen molar-refractivity contribution < 1.29 is 19.4 Å². The van der Waals surface area contributed by atoms with E-state index in [0.717, 1.165) is 32.4 Å². The minimum absolute atomic E-state index is 0.0287. The zero-order valence-corrected chi connectivity index (χ0v) is 11.6. The maximum atomic E-state index is 11.6. The van der Waals surface area contributed by atoms with Crippen LogP contribution in [-0.2, 0) is 14.3 Å². The number of carbonyl (C=O) groups is 2. The van der Waals surface area contributed by atoms with E-state index in [2.05, 4.69) is 10.2 Å². The van der Waals surface area contributed by atoms with Gasteiger partial charge in [0.2, 0.25) is 5.91 Å². The first-order valence-electron chi connectivity index (χ1n) is 6.81. The van der Waals surface area contributed by atoms with Crippen molar-refractivity contribution in [2.24, 2.45) is 5.92 Å². The number of carboxylic acids is 1. The summed E-state index contributed by atoms with van der Waals surface area (Å²) >= 11 is 0. The molecule has 1 saturated heterocycles. The van der Waals surface area contributed by atoms with Crippen LogP contribution in [0.4, 0.5) is 0 Å². The minimum atomic E-state index is -0.722. The molecule has 0 radical (unpaired) electrons. The molecule has 0 aromatic rings. The molecule has 0 aliphatic carbocycles. The summed E-state index contributed by atoms with van der Waals surface area (Å²) in [6.45, 7) is 3.26. The van der Waals surface area contributed by atoms with Crippen LogP contribution < -0.4 is 5.32 Å². The van der Waals surface area contributed by atoms with E-state index in [1.165, 1.54) is 0 Å². The number of carbonyl (C=O) groups excluding carboxylic acids is 1. The Hall–Kier alpha value is -1.14. The van der Waals surface area contributed by atoms with Crippen molar-refractivity contribution in [2.45, 2.75) is 25.7 Å². The monoisotopic (exact) mass is 272 g/mol. The van der Waals surface area contributed by atoms with Crippen LogP contribution in [0.1, 0.15) is 25.7 Å². The summed E-state index contributed by atoms with van der Waals surface area (Å²) in [6, 6.07) is 0. The maximum absolute atomic E-state index is 11.6. The number of likely N-dealkylation sites (tertiary alicyclic amines) is 1. The summed E-state index contributed by atoms with van der Waals surface area (Å²) in [5.41, 5.74) is 0. The van der Waals surface area contributed by atoms with Gasteiger partial charge in [0.05, 0.1) is 13.2 Å². The molecule has 6 nitrogen and oxygen atoms in total. The largest absolute Gasteiger partial charge is 0.481 e. The van der Waals surface area contributed by atoms with Gasteiger partial charge in [-0.1, -0.05) is 0 Å². The van der Waals surface area contributed by atoms with Gasteiger partial charge in [-0.15, -0.1) is 0 Å². The zero-order valence-electron chi connectivity index (χ0n) is 11.6. The van der Waals surface area contributed by atoms with Gasteiger partial charge in [0.15, 0.2) is 0 Å². The topological polar surface area (TPSA) is 78.9 Å². The van der Waals surface area contributed by atoms with Crippen molar-refractivity contribution in [1.29, 1.82) is 0 Å². The highest BCUT2D eigenvalue weighted by Crippen LogP contribution is 2.21. The second kappa shape index (κ2) is 8.87. The van der Waals surface area contributed by atoms with Crippen LogP contribution in [0.25, 0.3) is 0 Å². The predicted octanol–water partition coefficient (Wildman–Crippen LogP) is 0.326. The van der Waals surface area contributed by atoms with Crippen LogP contribution in [-0.4, -0.2) is 61.8 Å². The highest BCUT2D eigenvalue weighted by Gasteiger charge is 2.21. The van der Waals surface area contributed by atoms with Crippen LogP contribution in [0.3, 0.4) is 0 Å². The number of rotatable bonds is 8. The van der Waals surface area contributed by atoms with Crippen molar-refractivity contribution >= 4 is 11.9 Å². The first-order valence-corrected chi connectivity index (χ1v) is 6.81. The lowest BCUT2D eigenvalue weighted by Gasteiger charge is -2.31. The number of piperidine rings is 1. The molecular formula is C13H24N2O4. The lowest BCUT2D eigenvalue weighted by Crippen LogP contribution is -2.42. The van der Waals surface area contributed by atoms with Crippen LogP contribution in [0, 0.1) is 5.92 Å². The molecule has 19 heavy (non-hydrogen) atoms. The van der Waals surface area contributed by atoms with Gasteiger partial charge >= 0.3 is 5.97 Å². The second-order valence-electron chi connectivity index (χ2n) is 4.99. The molecule has 0 atom stereocenters. The Kier molecular flexibility index (Phi) is 7.43. The molecule has 0 spiro atoms. The summed E-state index contributed by atoms with van der Waals surface area (Å²) < 4.78 is 4.87. The predicted molar refractivity (Wildman–Crippen MR) is 70.9 cm³/mol. The molecule has 1 aliphatic heterocycles. The molecule has 1 heterocycles. The highest BCUT2D eigenvalue weighted by atomic mass is 16.5. The highest BCUT2D eigenvalue weighted by molar-refractivity contribution is 5.78. The van der Waals surface area contributed by atoms with Crippen molar-refractivity contribution in [3.05, 3.63) is 0 Å². The molecule has 1 amide bonds. The molecule has 1 aliphatic rings. The molecule has 110 valence electrons. The Bertz CT molecular complexity index is 288. The van der Waals surface area contributed by atoms with Gasteiger partial charge in [-0.05, 0) is 38.3 Å². The molecule has 0 aromatic heterocycles. The van der Waals surface area contributed by atoms with Gasteiger partial charge in [-0.2, -0.15) is 0 Å². The minimum Gasteiger partial charge on any atom is -0.481 e. The molecular weight excluding hydrogens is 248 g/mol. The normalized spacial score (nSPS) is 17.3. The average molecular weight is 272 g/mol. The second-order valence-corrected chi connectivity index (χ2v) is 4.99. The van der Waals surface area contributed by atoms with E-state index < -0.39 is 5.97 Å². The number of aliphatic carboxylic acids is 1. The molecule has 0 unspecified atom stereocenters. The fourth-order valence-electron chi connectivity index (χ4n) is 2.31. The van der Waals surface area contributed by atoms with E-state index in [-0.39, 0.29) is 12.3 Å². The summed E-state index contributed by atoms with van der Waals surface area (Å²) in [5.74, 6) is -0.204. The van der Waals surface area contributed by atoms with Gasteiger partial charge in [-0.3, -0.25) is 14.5 Å². The van der Waals surface area contributed by atoms with E-state index in [9.17, 15) is 9.59 Å². The standard InChI is InChI=1S/C13H24N2O4/c1-19-9-6-14-12(16)10-15-7-4-11(5-8-15)2-3-13(17)18/h11H,2-10H2,1H3,(H,14,16)(H,17,18). The molecule has 1 fully saturated rings. The number of ether oxygens (including phenoxy) is 1. The molecule has 0 bridgehead atoms. The van der Waals surface area contributed by atoms with Crippen LogP contribution in [0.15, 0.2) is 0 Å². The SMILES string of the molecule is COCCNC(=O)CN1CCC(CCC(=O)O)CC1. The summed E-state index contributed by atoms with van der Waals surface area (Å²) in [6.07, 6.45) is 2.97. The fraction of sp³-hybridized carbons (Fsp3) is 0.846. The van der Waals surface area contributed by atoms with Crippen LogP contribution in [0.5, 0.6) is 0 Å². The average Bonchev–Trinajstić information content (AvgIpc) is 2.38. The Balaban J connectivity index is 2.12. The number of hydrogen-bond donors (Lipinski definition) is 2. The van der Waals surface area contributed by atoms with Gasteiger partial charge in [0, 0.05) is 20.1 Å². The Labute approximate surface area is 114 Å². The first-order chi connectivity index (χ1) is 9.11. The Morgan fingerprint density at radius 3 is 2.63 bits per heavy atom. The molecule has 2 N–H and O–H groups in total. The maximum Gasteiger partial charge on any atom is 0.303 e. The number of nitrogens with zero attached hydrogens (tertiary/aromatic N) is 1. The summed E-state index contributed by atoms with van der Waals surface area (Å²) in [4.78, 5) is 24.2. The summed E-state index contributed by atoms with van der Waals surface area (Å²) in [5, 5.41) is 11.4. The zero-order chi connectivity index (χ0) is 14.1. The number of nitrogens with one attached hydrogen (secondary N) is 1. The molecule has 1 rings (SSSR count). The van der Waals surface area contributed by atoms with Crippen LogP contribution >= 0.6 is 0 Å². The Morgan fingerprint density at radius 1 is 1.37 bits per heavy atom. The van der Waals surface area contributed by atoms with Crippen molar-refractivity contribution in [3.8, 4) is 0 Å². The van der Waals surface area contributed by atoms with Crippen LogP contribution in [0.2, 0.25) is 0 Å². The molecule has 6 heteroatoms. The van der Waals surface area contributed by atoms with Gasteiger partial charge in [0.1, 0.15) is 0 Å². The van der Waals surface area contributed by atoms with Crippen molar-refractivity contribution in [2.75, 3.05) is 39.9 Å². The van der Waals surface area contributed by atoms with Gasteiger partial charge in [-0.25, -0.2) is 0 Å². The number of methoxy groups -OCH3 is 1. The smallest absolute Gasteiger partial charge is 0.303 e. The van der Waals surface area contributed by atoms with E-state index >= 15 is 0 Å². The quantitative estimate of drug-likeness (QED) is 0.622. The lowest BCUT2D eigenvalue weighted by atomic mass is 9.92. The van der Waals surface area contributed by atoms with E-state index in [1.807, 2.05) is 0 Å². The van der Waals surface area contributed by atoms with Gasteiger partial charge < -0.3 is 15.2 Å².